The van der Waals surface area contributed by atoms with Crippen molar-refractivity contribution < 1.29 is 44.5 Å². The molecule has 0 radical (unpaired) electrons. The minimum atomic E-state index is -6.46. The summed E-state index contributed by atoms with van der Waals surface area (Å²) in [5.41, 5.74) is 0.709. The van der Waals surface area contributed by atoms with Crippen LogP contribution in [0.25, 0.3) is 6.08 Å². The van der Waals surface area contributed by atoms with Gasteiger partial charge in [-0.15, -0.1) is 0 Å². The van der Waals surface area contributed by atoms with Crippen LogP contribution in [0.15, 0.2) is 29.8 Å². The molecule has 0 saturated heterocycles. The van der Waals surface area contributed by atoms with Gasteiger partial charge in [-0.25, -0.2) is 4.79 Å². The van der Waals surface area contributed by atoms with E-state index in [1.54, 1.807) is 24.3 Å². The van der Waals surface area contributed by atoms with E-state index in [1.165, 1.54) is 0 Å². The van der Waals surface area contributed by atoms with Gasteiger partial charge in [-0.05, 0) is 17.2 Å². The van der Waals surface area contributed by atoms with Crippen LogP contribution in [-0.2, 0) is 26.1 Å². The zero-order valence-corrected chi connectivity index (χ0v) is 12.4. The van der Waals surface area contributed by atoms with Gasteiger partial charge in [0, 0.05) is 12.0 Å². The third-order valence-corrected chi connectivity index (χ3v) is 4.10. The zero-order chi connectivity index (χ0) is 18.3. The first-order chi connectivity index (χ1) is 10.8. The molecule has 1 N–H and O–H groups in total. The van der Waals surface area contributed by atoms with Crippen molar-refractivity contribution >= 4 is 22.2 Å². The van der Waals surface area contributed by atoms with Crippen LogP contribution >= 0.6 is 0 Å². The molecule has 0 heterocycles. The third kappa shape index (κ3) is 3.41. The average Bonchev–Trinajstić information content (AvgIpc) is 2.85. The number of alkyl halides is 5. The normalized spacial score (nSPS) is 16.3. The van der Waals surface area contributed by atoms with Crippen molar-refractivity contribution in [2.45, 2.75) is 24.0 Å². The Bertz CT molecular complexity index is 797. The second-order valence-electron chi connectivity index (χ2n) is 4.91. The maximum absolute atomic E-state index is 13.3. The highest BCUT2D eigenvalue weighted by Gasteiger charge is 2.66. The van der Waals surface area contributed by atoms with Gasteiger partial charge in [0.05, 0.1) is 0 Å². The lowest BCUT2D eigenvalue weighted by molar-refractivity contribution is -0.257. The second kappa shape index (κ2) is 5.81. The Kier molecular flexibility index (Phi) is 4.44. The first-order valence-electron chi connectivity index (χ1n) is 6.25. The Hall–Kier alpha value is -2.01. The van der Waals surface area contributed by atoms with Crippen LogP contribution in [0.5, 0.6) is 0 Å². The first kappa shape index (κ1) is 18.3. The maximum atomic E-state index is 13.3. The second-order valence-corrected chi connectivity index (χ2v) is 6.40. The molecular formula is C13H9F5O5S. The molecule has 0 aromatic heterocycles. The standard InChI is InChI=1S/C13H9F5O5S/c14-12(15,16)11(13(17,18)24(20,21)22)23-10(19)9-5-7-3-1-2-4-8(7)6-9/h1-5,11H,6H2,(H,20,21,22). The summed E-state index contributed by atoms with van der Waals surface area (Å²) < 4.78 is 97.9. The zero-order valence-electron chi connectivity index (χ0n) is 11.5. The fourth-order valence-corrected chi connectivity index (χ4v) is 2.51. The van der Waals surface area contributed by atoms with Gasteiger partial charge >= 0.3 is 27.5 Å². The van der Waals surface area contributed by atoms with Gasteiger partial charge in [-0.3, -0.25) is 4.55 Å². The molecule has 1 aliphatic carbocycles. The fraction of sp³-hybridized carbons (Fsp3) is 0.308. The number of esters is 1. The number of halogens is 5. The first-order valence-corrected chi connectivity index (χ1v) is 7.69. The molecule has 1 aromatic rings. The van der Waals surface area contributed by atoms with Gasteiger partial charge in [0.2, 0.25) is 0 Å². The molecule has 24 heavy (non-hydrogen) atoms. The number of fused-ring (bicyclic) bond motifs is 1. The monoisotopic (exact) mass is 372 g/mol. The minimum absolute atomic E-state index is 0.156. The highest BCUT2D eigenvalue weighted by Crippen LogP contribution is 2.39. The number of benzene rings is 1. The molecule has 0 aliphatic heterocycles. The summed E-state index contributed by atoms with van der Waals surface area (Å²) in [5.74, 6) is -1.75. The van der Waals surface area contributed by atoms with E-state index in [4.69, 9.17) is 4.55 Å². The molecule has 5 nitrogen and oxygen atoms in total. The summed E-state index contributed by atoms with van der Waals surface area (Å²) in [7, 11) is -6.46. The van der Waals surface area contributed by atoms with Crippen molar-refractivity contribution in [3.63, 3.8) is 0 Å². The van der Waals surface area contributed by atoms with Gasteiger partial charge in [0.25, 0.3) is 6.10 Å². The van der Waals surface area contributed by atoms with Crippen molar-refractivity contribution in [3.8, 4) is 0 Å². The van der Waals surface area contributed by atoms with Gasteiger partial charge < -0.3 is 4.74 Å². The van der Waals surface area contributed by atoms with Crippen LogP contribution in [-0.4, -0.2) is 36.5 Å². The Morgan fingerprint density at radius 3 is 2.25 bits per heavy atom. The number of ether oxygens (including phenoxy) is 1. The van der Waals surface area contributed by atoms with Crippen LogP contribution in [0.3, 0.4) is 0 Å². The van der Waals surface area contributed by atoms with Gasteiger partial charge in [0.1, 0.15) is 0 Å². The molecule has 0 amide bonds. The lowest BCUT2D eigenvalue weighted by atomic mass is 10.1. The minimum Gasteiger partial charge on any atom is -0.441 e. The molecule has 1 aliphatic rings. The summed E-state index contributed by atoms with van der Waals surface area (Å²) in [6.45, 7) is 0. The molecular weight excluding hydrogens is 363 g/mol. The predicted octanol–water partition coefficient (Wildman–Crippen LogP) is 2.58. The van der Waals surface area contributed by atoms with Crippen molar-refractivity contribution in [1.82, 2.24) is 0 Å². The lowest BCUT2D eigenvalue weighted by Crippen LogP contribution is -2.52. The van der Waals surface area contributed by atoms with E-state index < -0.39 is 33.6 Å². The summed E-state index contributed by atoms with van der Waals surface area (Å²) in [6, 6.07) is 6.31. The highest BCUT2D eigenvalue weighted by molar-refractivity contribution is 7.86. The van der Waals surface area contributed by atoms with E-state index in [1.807, 2.05) is 0 Å². The highest BCUT2D eigenvalue weighted by atomic mass is 32.2. The Labute approximate surface area is 132 Å². The summed E-state index contributed by atoms with van der Waals surface area (Å²) >= 11 is 0. The largest absolute Gasteiger partial charge is 0.441 e. The summed E-state index contributed by atoms with van der Waals surface area (Å²) in [6.07, 6.45) is -9.26. The Morgan fingerprint density at radius 1 is 1.17 bits per heavy atom. The van der Waals surface area contributed by atoms with Crippen molar-refractivity contribution in [1.29, 1.82) is 0 Å². The van der Waals surface area contributed by atoms with Gasteiger partial charge in [-0.2, -0.15) is 30.4 Å². The number of hydrogen-bond donors (Lipinski definition) is 1. The molecule has 1 aromatic carbocycles. The van der Waals surface area contributed by atoms with Crippen molar-refractivity contribution in [2.75, 3.05) is 0 Å². The van der Waals surface area contributed by atoms with Crippen LogP contribution in [0.2, 0.25) is 0 Å². The van der Waals surface area contributed by atoms with E-state index in [0.29, 0.717) is 11.1 Å². The van der Waals surface area contributed by atoms with E-state index in [9.17, 15) is 35.2 Å². The number of carbonyl (C=O) groups is 1. The molecule has 11 heteroatoms. The third-order valence-electron chi connectivity index (χ3n) is 3.20. The molecule has 0 saturated carbocycles. The van der Waals surface area contributed by atoms with E-state index in [2.05, 4.69) is 4.74 Å². The lowest BCUT2D eigenvalue weighted by Gasteiger charge is -2.26. The fourth-order valence-electron chi connectivity index (χ4n) is 2.05. The van der Waals surface area contributed by atoms with Crippen LogP contribution in [0.1, 0.15) is 11.1 Å². The Balaban J connectivity index is 2.28. The van der Waals surface area contributed by atoms with E-state index in [0.717, 1.165) is 6.08 Å². The molecule has 1 unspecified atom stereocenters. The molecule has 132 valence electrons. The average molecular weight is 372 g/mol. The quantitative estimate of drug-likeness (QED) is 0.499. The summed E-state index contributed by atoms with van der Waals surface area (Å²) in [4.78, 5) is 11.7. The number of rotatable bonds is 4. The topological polar surface area (TPSA) is 80.7 Å². The molecule has 0 spiro atoms. The Morgan fingerprint density at radius 2 is 1.75 bits per heavy atom. The van der Waals surface area contributed by atoms with E-state index in [-0.39, 0.29) is 12.0 Å². The number of hydrogen-bond acceptors (Lipinski definition) is 4. The van der Waals surface area contributed by atoms with Gasteiger partial charge in [-0.1, -0.05) is 24.3 Å². The SMILES string of the molecule is O=C(OC(C(F)(F)F)C(F)(F)S(=O)(=O)O)C1=Cc2ccccc2C1. The summed E-state index contributed by atoms with van der Waals surface area (Å²) in [5, 5.41) is -5.74. The van der Waals surface area contributed by atoms with E-state index >= 15 is 0 Å². The van der Waals surface area contributed by atoms with Gasteiger partial charge in [0.15, 0.2) is 0 Å². The molecule has 0 bridgehead atoms. The maximum Gasteiger partial charge on any atom is 0.432 e. The number of carbonyl (C=O) groups excluding carboxylic acids is 1. The molecule has 1 atom stereocenters. The smallest absolute Gasteiger partial charge is 0.432 e. The molecule has 0 fully saturated rings. The van der Waals surface area contributed by atoms with Crippen LogP contribution < -0.4 is 0 Å². The predicted molar refractivity (Wildman–Crippen MR) is 70.6 cm³/mol. The van der Waals surface area contributed by atoms with Crippen LogP contribution in [0, 0.1) is 0 Å². The van der Waals surface area contributed by atoms with Crippen molar-refractivity contribution in [2.24, 2.45) is 0 Å². The molecule has 2 rings (SSSR count). The van der Waals surface area contributed by atoms with Crippen LogP contribution in [0.4, 0.5) is 22.0 Å². The van der Waals surface area contributed by atoms with Crippen molar-refractivity contribution in [3.05, 3.63) is 41.0 Å².